The SMILES string of the molecule is CN([C@H]1CNC[C@@H]1O)S(=O)(=O)c1ccc(F)cc1[N+](=O)[O-]. The Hall–Kier alpha value is -1.62. The number of aliphatic hydroxyl groups excluding tert-OH is 1. The van der Waals surface area contributed by atoms with Crippen molar-refractivity contribution in [3.05, 3.63) is 34.1 Å². The van der Waals surface area contributed by atoms with Gasteiger partial charge in [-0.25, -0.2) is 12.8 Å². The van der Waals surface area contributed by atoms with Crippen molar-refractivity contribution in [1.82, 2.24) is 9.62 Å². The lowest BCUT2D eigenvalue weighted by molar-refractivity contribution is -0.388. The third-order valence-electron chi connectivity index (χ3n) is 3.39. The standard InChI is InChI=1S/C11H14FN3O5S/c1-14(9-5-13-6-10(9)16)21(19,20)11-3-2-7(12)4-8(11)15(17)18/h2-4,9-10,13,16H,5-6H2,1H3/t9-,10-/m0/s1. The summed E-state index contributed by atoms with van der Waals surface area (Å²) in [6.45, 7) is 0.460. The van der Waals surface area contributed by atoms with Gasteiger partial charge in [-0.05, 0) is 12.1 Å². The molecule has 2 atom stereocenters. The second-order valence-corrected chi connectivity index (χ2v) is 6.65. The fourth-order valence-electron chi connectivity index (χ4n) is 2.21. The Bertz CT molecular complexity index is 666. The Labute approximate surface area is 120 Å². The summed E-state index contributed by atoms with van der Waals surface area (Å²) in [5.74, 6) is -0.897. The van der Waals surface area contributed by atoms with Gasteiger partial charge in [-0.1, -0.05) is 0 Å². The smallest absolute Gasteiger partial charge is 0.292 e. The highest BCUT2D eigenvalue weighted by Crippen LogP contribution is 2.28. The third kappa shape index (κ3) is 2.88. The maximum Gasteiger partial charge on any atom is 0.292 e. The fraction of sp³-hybridized carbons (Fsp3) is 0.455. The number of nitro groups is 1. The number of aliphatic hydroxyl groups is 1. The molecule has 0 saturated carbocycles. The van der Waals surface area contributed by atoms with Crippen LogP contribution in [0, 0.1) is 15.9 Å². The third-order valence-corrected chi connectivity index (χ3v) is 5.32. The minimum atomic E-state index is -4.22. The maximum absolute atomic E-state index is 13.1. The zero-order chi connectivity index (χ0) is 15.8. The molecule has 1 aromatic rings. The minimum Gasteiger partial charge on any atom is -0.390 e. The first-order valence-corrected chi connectivity index (χ1v) is 7.50. The molecule has 1 aliphatic rings. The van der Waals surface area contributed by atoms with Crippen LogP contribution >= 0.6 is 0 Å². The summed E-state index contributed by atoms with van der Waals surface area (Å²) in [6.07, 6.45) is -0.913. The molecule has 1 heterocycles. The molecule has 8 nitrogen and oxygen atoms in total. The second-order valence-electron chi connectivity index (χ2n) is 4.68. The number of benzene rings is 1. The number of hydrogen-bond acceptors (Lipinski definition) is 6. The van der Waals surface area contributed by atoms with Crippen molar-refractivity contribution in [2.45, 2.75) is 17.0 Å². The topological polar surface area (TPSA) is 113 Å². The van der Waals surface area contributed by atoms with Gasteiger partial charge >= 0.3 is 0 Å². The molecule has 0 amide bonds. The van der Waals surface area contributed by atoms with E-state index in [4.69, 9.17) is 0 Å². The van der Waals surface area contributed by atoms with Crippen LogP contribution < -0.4 is 5.32 Å². The molecule has 1 fully saturated rings. The van der Waals surface area contributed by atoms with Crippen LogP contribution in [0.2, 0.25) is 0 Å². The van der Waals surface area contributed by atoms with E-state index in [2.05, 4.69) is 5.32 Å². The molecule has 1 saturated heterocycles. The van der Waals surface area contributed by atoms with Gasteiger partial charge in [0, 0.05) is 20.1 Å². The molecule has 10 heteroatoms. The Kier molecular flexibility index (Phi) is 4.23. The molecule has 1 aromatic carbocycles. The van der Waals surface area contributed by atoms with Crippen molar-refractivity contribution in [2.75, 3.05) is 20.1 Å². The van der Waals surface area contributed by atoms with Crippen molar-refractivity contribution in [1.29, 1.82) is 0 Å². The van der Waals surface area contributed by atoms with Gasteiger partial charge < -0.3 is 10.4 Å². The van der Waals surface area contributed by atoms with Crippen LogP contribution in [-0.4, -0.2) is 55.0 Å². The molecule has 116 valence electrons. The fourth-order valence-corrected chi connectivity index (χ4v) is 3.73. The van der Waals surface area contributed by atoms with Crippen LogP contribution in [0.5, 0.6) is 0 Å². The lowest BCUT2D eigenvalue weighted by atomic mass is 10.2. The van der Waals surface area contributed by atoms with Gasteiger partial charge in [-0.2, -0.15) is 4.31 Å². The normalized spacial score (nSPS) is 22.7. The van der Waals surface area contributed by atoms with E-state index in [1.807, 2.05) is 0 Å². The van der Waals surface area contributed by atoms with Gasteiger partial charge in [-0.15, -0.1) is 0 Å². The summed E-state index contributed by atoms with van der Waals surface area (Å²) in [6, 6.07) is 1.52. The van der Waals surface area contributed by atoms with Gasteiger partial charge in [0.1, 0.15) is 5.82 Å². The average molecular weight is 319 g/mol. The van der Waals surface area contributed by atoms with Gasteiger partial charge in [0.25, 0.3) is 5.69 Å². The quantitative estimate of drug-likeness (QED) is 0.581. The molecule has 2 rings (SSSR count). The lowest BCUT2D eigenvalue weighted by Crippen LogP contribution is -2.44. The van der Waals surface area contributed by atoms with Crippen molar-refractivity contribution in [3.63, 3.8) is 0 Å². The largest absolute Gasteiger partial charge is 0.390 e. The molecule has 1 aliphatic heterocycles. The van der Waals surface area contributed by atoms with E-state index in [-0.39, 0.29) is 13.1 Å². The number of nitrogens with one attached hydrogen (secondary N) is 1. The Balaban J connectivity index is 2.46. The second kappa shape index (κ2) is 5.64. The predicted molar refractivity (Wildman–Crippen MR) is 70.7 cm³/mol. The predicted octanol–water partition coefficient (Wildman–Crippen LogP) is -0.313. The monoisotopic (exact) mass is 319 g/mol. The molecule has 0 spiro atoms. The Morgan fingerprint density at radius 2 is 2.14 bits per heavy atom. The highest BCUT2D eigenvalue weighted by Gasteiger charge is 2.38. The van der Waals surface area contributed by atoms with E-state index < -0.39 is 43.5 Å². The lowest BCUT2D eigenvalue weighted by Gasteiger charge is -2.25. The number of likely N-dealkylation sites (N-methyl/N-ethyl adjacent to an activating group) is 1. The summed E-state index contributed by atoms with van der Waals surface area (Å²) in [5, 5.41) is 23.5. The summed E-state index contributed by atoms with van der Waals surface area (Å²) < 4.78 is 38.9. The first-order chi connectivity index (χ1) is 9.75. The molecular formula is C11H14FN3O5S. The highest BCUT2D eigenvalue weighted by atomic mass is 32.2. The van der Waals surface area contributed by atoms with Gasteiger partial charge in [0.2, 0.25) is 10.0 Å². The summed E-state index contributed by atoms with van der Waals surface area (Å²) in [7, 11) is -3.00. The van der Waals surface area contributed by atoms with Crippen LogP contribution in [0.1, 0.15) is 0 Å². The van der Waals surface area contributed by atoms with Crippen LogP contribution in [0.4, 0.5) is 10.1 Å². The Morgan fingerprint density at radius 3 is 2.67 bits per heavy atom. The van der Waals surface area contributed by atoms with E-state index in [1.165, 1.54) is 7.05 Å². The maximum atomic E-state index is 13.1. The van der Waals surface area contributed by atoms with Crippen LogP contribution in [0.25, 0.3) is 0 Å². The highest BCUT2D eigenvalue weighted by molar-refractivity contribution is 7.89. The van der Waals surface area contributed by atoms with E-state index in [9.17, 15) is 28.0 Å². The molecule has 0 bridgehead atoms. The number of hydrogen-bond donors (Lipinski definition) is 2. The molecule has 0 aromatic heterocycles. The minimum absolute atomic E-state index is 0.228. The van der Waals surface area contributed by atoms with Crippen molar-refractivity contribution >= 4 is 15.7 Å². The number of nitro benzene ring substituents is 1. The molecule has 21 heavy (non-hydrogen) atoms. The van der Waals surface area contributed by atoms with Crippen LogP contribution in [-0.2, 0) is 10.0 Å². The molecule has 2 N–H and O–H groups in total. The number of nitrogens with zero attached hydrogens (tertiary/aromatic N) is 2. The number of β-amino-alcohol motifs (C(OH)–C–C–N with tert-alkyl or cyclic N) is 1. The summed E-state index contributed by atoms with van der Waals surface area (Å²) in [4.78, 5) is 9.37. The van der Waals surface area contributed by atoms with Crippen molar-refractivity contribution < 1.29 is 22.8 Å². The number of halogens is 1. The zero-order valence-electron chi connectivity index (χ0n) is 11.1. The van der Waals surface area contributed by atoms with E-state index in [0.717, 1.165) is 16.4 Å². The molecule has 0 radical (unpaired) electrons. The van der Waals surface area contributed by atoms with Gasteiger partial charge in [0.15, 0.2) is 4.90 Å². The first kappa shape index (κ1) is 15.8. The van der Waals surface area contributed by atoms with Crippen molar-refractivity contribution in [2.24, 2.45) is 0 Å². The van der Waals surface area contributed by atoms with Crippen molar-refractivity contribution in [3.8, 4) is 0 Å². The summed E-state index contributed by atoms with van der Waals surface area (Å²) >= 11 is 0. The summed E-state index contributed by atoms with van der Waals surface area (Å²) in [5.41, 5.74) is -0.831. The van der Waals surface area contributed by atoms with Crippen LogP contribution in [0.15, 0.2) is 23.1 Å². The number of sulfonamides is 1. The number of rotatable bonds is 4. The average Bonchev–Trinajstić information content (AvgIpc) is 2.83. The Morgan fingerprint density at radius 1 is 1.48 bits per heavy atom. The molecule has 0 aliphatic carbocycles. The van der Waals surface area contributed by atoms with E-state index in [0.29, 0.717) is 6.07 Å². The van der Waals surface area contributed by atoms with E-state index in [1.54, 1.807) is 0 Å². The van der Waals surface area contributed by atoms with Gasteiger partial charge in [-0.3, -0.25) is 10.1 Å². The molecule has 0 unspecified atom stereocenters. The molecular weight excluding hydrogens is 305 g/mol. The first-order valence-electron chi connectivity index (χ1n) is 6.06. The zero-order valence-corrected chi connectivity index (χ0v) is 11.9. The van der Waals surface area contributed by atoms with Gasteiger partial charge in [0.05, 0.1) is 23.1 Å². The van der Waals surface area contributed by atoms with Crippen LogP contribution in [0.3, 0.4) is 0 Å². The van der Waals surface area contributed by atoms with E-state index >= 15 is 0 Å².